The molecule has 1 aromatic heterocycles. The third-order valence-electron chi connectivity index (χ3n) is 3.17. The zero-order chi connectivity index (χ0) is 13.4. The summed E-state index contributed by atoms with van der Waals surface area (Å²) in [5, 5.41) is 16.3. The minimum absolute atomic E-state index is 0.168. The summed E-state index contributed by atoms with van der Waals surface area (Å²) in [6.07, 6.45) is 0.654. The monoisotopic (exact) mass is 260 g/mol. The molecule has 3 rings (SSSR count). The van der Waals surface area contributed by atoms with E-state index in [1.807, 2.05) is 6.07 Å². The first-order chi connectivity index (χ1) is 9.20. The van der Waals surface area contributed by atoms with Crippen molar-refractivity contribution in [3.05, 3.63) is 46.8 Å². The quantitative estimate of drug-likeness (QED) is 0.848. The van der Waals surface area contributed by atoms with Gasteiger partial charge in [-0.2, -0.15) is 10.4 Å². The van der Waals surface area contributed by atoms with E-state index in [1.54, 1.807) is 0 Å². The predicted octanol–water partition coefficient (Wildman–Crippen LogP) is 1.67. The summed E-state index contributed by atoms with van der Waals surface area (Å²) in [6.45, 7) is 1.29. The first-order valence-corrected chi connectivity index (χ1v) is 5.87. The Morgan fingerprint density at radius 1 is 1.37 bits per heavy atom. The first-order valence-electron chi connectivity index (χ1n) is 5.87. The van der Waals surface area contributed by atoms with Crippen LogP contribution in [0.3, 0.4) is 0 Å². The molecule has 0 bridgehead atoms. The average molecular weight is 260 g/mol. The van der Waals surface area contributed by atoms with Crippen molar-refractivity contribution in [2.75, 3.05) is 6.54 Å². The van der Waals surface area contributed by atoms with Gasteiger partial charge in [-0.15, -0.1) is 0 Å². The molecule has 96 valence electrons. The van der Waals surface area contributed by atoms with Crippen molar-refractivity contribution < 1.29 is 8.78 Å². The van der Waals surface area contributed by atoms with E-state index in [0.29, 0.717) is 13.0 Å². The molecule has 0 amide bonds. The molecule has 0 fully saturated rings. The Labute approximate surface area is 108 Å². The Hall–Kier alpha value is -2.26. The number of hydrogen-bond acceptors (Lipinski definition) is 3. The third-order valence-corrected chi connectivity index (χ3v) is 3.17. The lowest BCUT2D eigenvalue weighted by atomic mass is 10.1. The first kappa shape index (κ1) is 11.8. The summed E-state index contributed by atoms with van der Waals surface area (Å²) in [6, 6.07) is 5.34. The lowest BCUT2D eigenvalue weighted by Gasteiger charge is -2.15. The topological polar surface area (TPSA) is 53.6 Å². The SMILES string of the molecule is N#Cc1nn(-c2ccc(F)cc2F)c2c1CNCC2. The number of hydrogen-bond donors (Lipinski definition) is 1. The lowest BCUT2D eigenvalue weighted by molar-refractivity contribution is 0.566. The fourth-order valence-electron chi connectivity index (χ4n) is 2.29. The minimum Gasteiger partial charge on any atom is -0.312 e. The molecule has 0 unspecified atom stereocenters. The van der Waals surface area contributed by atoms with E-state index in [2.05, 4.69) is 10.4 Å². The van der Waals surface area contributed by atoms with Crippen LogP contribution in [-0.4, -0.2) is 16.3 Å². The summed E-state index contributed by atoms with van der Waals surface area (Å²) in [4.78, 5) is 0. The number of aromatic nitrogens is 2. The maximum absolute atomic E-state index is 13.8. The highest BCUT2D eigenvalue weighted by molar-refractivity contribution is 5.43. The second-order valence-electron chi connectivity index (χ2n) is 4.32. The van der Waals surface area contributed by atoms with Crippen molar-refractivity contribution in [1.29, 1.82) is 5.26 Å². The van der Waals surface area contributed by atoms with Crippen molar-refractivity contribution >= 4 is 0 Å². The van der Waals surface area contributed by atoms with Crippen LogP contribution in [-0.2, 0) is 13.0 Å². The van der Waals surface area contributed by atoms with Crippen LogP contribution in [0.25, 0.3) is 5.69 Å². The molecule has 0 aliphatic carbocycles. The zero-order valence-corrected chi connectivity index (χ0v) is 9.95. The maximum Gasteiger partial charge on any atom is 0.167 e. The molecule has 19 heavy (non-hydrogen) atoms. The van der Waals surface area contributed by atoms with E-state index in [0.717, 1.165) is 23.9 Å². The number of nitrogens with zero attached hydrogens (tertiary/aromatic N) is 3. The van der Waals surface area contributed by atoms with Crippen LogP contribution in [0.15, 0.2) is 18.2 Å². The summed E-state index contributed by atoms with van der Waals surface area (Å²) >= 11 is 0. The van der Waals surface area contributed by atoms with Gasteiger partial charge in [0.1, 0.15) is 17.6 Å². The predicted molar refractivity (Wildman–Crippen MR) is 63.6 cm³/mol. The molecule has 1 aliphatic rings. The van der Waals surface area contributed by atoms with Crippen LogP contribution >= 0.6 is 0 Å². The number of benzene rings is 1. The van der Waals surface area contributed by atoms with Gasteiger partial charge < -0.3 is 5.32 Å². The highest BCUT2D eigenvalue weighted by Gasteiger charge is 2.22. The van der Waals surface area contributed by atoms with Gasteiger partial charge in [-0.05, 0) is 12.1 Å². The number of halogens is 2. The number of nitrogens with one attached hydrogen (secondary N) is 1. The van der Waals surface area contributed by atoms with E-state index in [9.17, 15) is 8.78 Å². The van der Waals surface area contributed by atoms with Gasteiger partial charge in [0.2, 0.25) is 0 Å². The van der Waals surface area contributed by atoms with Gasteiger partial charge in [-0.25, -0.2) is 13.5 Å². The molecular formula is C13H10F2N4. The Morgan fingerprint density at radius 3 is 2.95 bits per heavy atom. The smallest absolute Gasteiger partial charge is 0.167 e. The van der Waals surface area contributed by atoms with Crippen molar-refractivity contribution in [2.24, 2.45) is 0 Å². The fraction of sp³-hybridized carbons (Fsp3) is 0.231. The normalized spacial score (nSPS) is 13.9. The van der Waals surface area contributed by atoms with Crippen LogP contribution < -0.4 is 5.32 Å². The van der Waals surface area contributed by atoms with Gasteiger partial charge in [0.05, 0.1) is 5.69 Å². The number of fused-ring (bicyclic) bond motifs is 1. The second kappa shape index (κ2) is 4.44. The van der Waals surface area contributed by atoms with Gasteiger partial charge in [0.15, 0.2) is 11.5 Å². The van der Waals surface area contributed by atoms with Crippen molar-refractivity contribution in [3.63, 3.8) is 0 Å². The maximum atomic E-state index is 13.8. The molecule has 0 spiro atoms. The summed E-state index contributed by atoms with van der Waals surface area (Å²) in [5.74, 6) is -1.32. The molecule has 0 saturated heterocycles. The van der Waals surface area contributed by atoms with Crippen molar-refractivity contribution in [1.82, 2.24) is 15.1 Å². The summed E-state index contributed by atoms with van der Waals surface area (Å²) in [7, 11) is 0. The molecule has 0 atom stereocenters. The molecule has 2 heterocycles. The Kier molecular flexibility index (Phi) is 2.76. The Bertz CT molecular complexity index is 685. The fourth-order valence-corrected chi connectivity index (χ4v) is 2.29. The highest BCUT2D eigenvalue weighted by atomic mass is 19.1. The molecular weight excluding hydrogens is 250 g/mol. The van der Waals surface area contributed by atoms with Crippen LogP contribution in [0, 0.1) is 23.0 Å². The van der Waals surface area contributed by atoms with Gasteiger partial charge in [0, 0.05) is 31.1 Å². The average Bonchev–Trinajstić information content (AvgIpc) is 2.78. The standard InChI is InChI=1S/C13H10F2N4/c14-8-1-2-13(10(15)5-8)19-12-3-4-17-7-9(12)11(6-16)18-19/h1-2,5,17H,3-4,7H2. The summed E-state index contributed by atoms with van der Waals surface area (Å²) in [5.41, 5.74) is 2.05. The summed E-state index contributed by atoms with van der Waals surface area (Å²) < 4.78 is 28.2. The second-order valence-corrected chi connectivity index (χ2v) is 4.32. The third kappa shape index (κ3) is 1.88. The molecule has 6 heteroatoms. The van der Waals surface area contributed by atoms with Gasteiger partial charge in [-0.1, -0.05) is 0 Å². The van der Waals surface area contributed by atoms with Crippen LogP contribution in [0.4, 0.5) is 8.78 Å². The molecule has 4 nitrogen and oxygen atoms in total. The highest BCUT2D eigenvalue weighted by Crippen LogP contribution is 2.23. The Balaban J connectivity index is 2.20. The molecule has 1 N–H and O–H groups in total. The number of nitriles is 1. The van der Waals surface area contributed by atoms with E-state index < -0.39 is 11.6 Å². The van der Waals surface area contributed by atoms with Crippen LogP contribution in [0.1, 0.15) is 17.0 Å². The van der Waals surface area contributed by atoms with E-state index in [1.165, 1.54) is 16.8 Å². The Morgan fingerprint density at radius 2 is 2.21 bits per heavy atom. The van der Waals surface area contributed by atoms with Gasteiger partial charge in [0.25, 0.3) is 0 Å². The van der Waals surface area contributed by atoms with Crippen molar-refractivity contribution in [3.8, 4) is 11.8 Å². The largest absolute Gasteiger partial charge is 0.312 e. The minimum atomic E-state index is -0.687. The molecule has 1 aromatic carbocycles. The molecule has 0 saturated carbocycles. The van der Waals surface area contributed by atoms with E-state index >= 15 is 0 Å². The van der Waals surface area contributed by atoms with Gasteiger partial charge in [-0.3, -0.25) is 0 Å². The molecule has 1 aliphatic heterocycles. The number of rotatable bonds is 1. The van der Waals surface area contributed by atoms with E-state index in [-0.39, 0.29) is 11.4 Å². The lowest BCUT2D eigenvalue weighted by Crippen LogP contribution is -2.25. The van der Waals surface area contributed by atoms with Crippen LogP contribution in [0.2, 0.25) is 0 Å². The van der Waals surface area contributed by atoms with Gasteiger partial charge >= 0.3 is 0 Å². The van der Waals surface area contributed by atoms with Crippen LogP contribution in [0.5, 0.6) is 0 Å². The molecule has 2 aromatic rings. The van der Waals surface area contributed by atoms with E-state index in [4.69, 9.17) is 5.26 Å². The zero-order valence-electron chi connectivity index (χ0n) is 9.95. The van der Waals surface area contributed by atoms with Crippen molar-refractivity contribution in [2.45, 2.75) is 13.0 Å². The molecule has 0 radical (unpaired) electrons.